The van der Waals surface area contributed by atoms with E-state index in [-0.39, 0.29) is 11.9 Å². The van der Waals surface area contributed by atoms with E-state index in [9.17, 15) is 4.79 Å². The largest absolute Gasteiger partial charge is 0.337 e. The van der Waals surface area contributed by atoms with Gasteiger partial charge in [0.1, 0.15) is 0 Å². The predicted molar refractivity (Wildman–Crippen MR) is 81.2 cm³/mol. The van der Waals surface area contributed by atoms with Crippen molar-refractivity contribution >= 4 is 23.3 Å². The number of carbonyl (C=O) groups is 1. The van der Waals surface area contributed by atoms with Crippen LogP contribution < -0.4 is 0 Å². The molecule has 1 aromatic rings. The molecule has 0 bridgehead atoms. The first-order valence-electron chi connectivity index (χ1n) is 6.82. The number of hydrogen-bond donors (Lipinski definition) is 0. The zero-order valence-corrected chi connectivity index (χ0v) is 12.5. The lowest BCUT2D eigenvalue weighted by molar-refractivity contribution is -0.127. The van der Waals surface area contributed by atoms with Crippen molar-refractivity contribution in [3.8, 4) is 6.07 Å². The highest BCUT2D eigenvalue weighted by molar-refractivity contribution is 7.10. The quantitative estimate of drug-likeness (QED) is 0.798. The summed E-state index contributed by atoms with van der Waals surface area (Å²) in [6.07, 6.45) is 4.07. The van der Waals surface area contributed by atoms with Crippen LogP contribution in [0.2, 0.25) is 0 Å². The molecule has 0 radical (unpaired) electrons. The van der Waals surface area contributed by atoms with Crippen molar-refractivity contribution in [3.63, 3.8) is 0 Å². The second kappa shape index (κ2) is 7.22. The van der Waals surface area contributed by atoms with Crippen LogP contribution in [0.25, 0.3) is 6.08 Å². The lowest BCUT2D eigenvalue weighted by Gasteiger charge is -2.37. The lowest BCUT2D eigenvalue weighted by atomic mass is 10.2. The van der Waals surface area contributed by atoms with Gasteiger partial charge in [-0.15, -0.1) is 11.3 Å². The molecule has 1 aliphatic heterocycles. The van der Waals surface area contributed by atoms with Gasteiger partial charge in [-0.3, -0.25) is 9.69 Å². The Morgan fingerprint density at radius 1 is 1.50 bits per heavy atom. The maximum atomic E-state index is 12.1. The molecule has 4 nitrogen and oxygen atoms in total. The Labute approximate surface area is 123 Å². The summed E-state index contributed by atoms with van der Waals surface area (Å²) in [6, 6.07) is 6.45. The van der Waals surface area contributed by atoms with Gasteiger partial charge in [-0.2, -0.15) is 5.26 Å². The normalized spacial score (nSPS) is 18.1. The number of rotatable bonds is 4. The summed E-state index contributed by atoms with van der Waals surface area (Å²) in [4.78, 5) is 17.3. The van der Waals surface area contributed by atoms with Crippen molar-refractivity contribution < 1.29 is 4.79 Å². The number of piperazine rings is 1. The molecule has 1 fully saturated rings. The fraction of sp³-hybridized carbons (Fsp3) is 0.467. The van der Waals surface area contributed by atoms with Crippen LogP contribution in [-0.4, -0.2) is 47.9 Å². The SMILES string of the molecule is C[C@H](CC#N)N1CCN(C(=O)/C=C/c2cccs2)CC1. The maximum Gasteiger partial charge on any atom is 0.246 e. The van der Waals surface area contributed by atoms with Gasteiger partial charge in [-0.25, -0.2) is 0 Å². The smallest absolute Gasteiger partial charge is 0.246 e. The molecule has 2 heterocycles. The topological polar surface area (TPSA) is 47.3 Å². The van der Waals surface area contributed by atoms with Crippen LogP contribution in [0.1, 0.15) is 18.2 Å². The molecule has 106 valence electrons. The predicted octanol–water partition coefficient (Wildman–Crippen LogP) is 2.21. The molecule has 0 aliphatic carbocycles. The third kappa shape index (κ3) is 3.92. The van der Waals surface area contributed by atoms with E-state index in [1.807, 2.05) is 28.5 Å². The first-order chi connectivity index (χ1) is 9.70. The first-order valence-corrected chi connectivity index (χ1v) is 7.70. The zero-order chi connectivity index (χ0) is 14.4. The van der Waals surface area contributed by atoms with E-state index in [0.29, 0.717) is 6.42 Å². The molecular formula is C15H19N3OS. The van der Waals surface area contributed by atoms with Crippen molar-refractivity contribution in [1.29, 1.82) is 5.26 Å². The van der Waals surface area contributed by atoms with Gasteiger partial charge in [0.05, 0.1) is 12.5 Å². The third-order valence-electron chi connectivity index (χ3n) is 3.57. The van der Waals surface area contributed by atoms with E-state index in [2.05, 4.69) is 17.9 Å². The lowest BCUT2D eigenvalue weighted by Crippen LogP contribution is -2.50. The molecule has 0 N–H and O–H groups in total. The molecule has 1 aromatic heterocycles. The number of nitrogens with zero attached hydrogens (tertiary/aromatic N) is 3. The minimum atomic E-state index is 0.0750. The Hall–Kier alpha value is -1.64. The van der Waals surface area contributed by atoms with Crippen molar-refractivity contribution in [1.82, 2.24) is 9.80 Å². The van der Waals surface area contributed by atoms with Crippen LogP contribution in [0.3, 0.4) is 0 Å². The Morgan fingerprint density at radius 2 is 2.25 bits per heavy atom. The van der Waals surface area contributed by atoms with Crippen molar-refractivity contribution in [2.45, 2.75) is 19.4 Å². The van der Waals surface area contributed by atoms with Gasteiger partial charge < -0.3 is 4.90 Å². The third-order valence-corrected chi connectivity index (χ3v) is 4.41. The van der Waals surface area contributed by atoms with E-state index in [0.717, 1.165) is 31.1 Å². The summed E-state index contributed by atoms with van der Waals surface area (Å²) in [5, 5.41) is 10.7. The molecule has 0 unspecified atom stereocenters. The van der Waals surface area contributed by atoms with Crippen molar-refractivity contribution in [2.75, 3.05) is 26.2 Å². The maximum absolute atomic E-state index is 12.1. The average Bonchev–Trinajstić information content (AvgIpc) is 2.98. The number of hydrogen-bond acceptors (Lipinski definition) is 4. The number of carbonyl (C=O) groups excluding carboxylic acids is 1. The second-order valence-corrected chi connectivity index (χ2v) is 5.90. The summed E-state index contributed by atoms with van der Waals surface area (Å²) in [5.74, 6) is 0.0750. The molecule has 1 amide bonds. The molecule has 2 rings (SSSR count). The number of nitriles is 1. The van der Waals surface area contributed by atoms with E-state index in [1.54, 1.807) is 17.4 Å². The highest BCUT2D eigenvalue weighted by Gasteiger charge is 2.22. The Balaban J connectivity index is 1.81. The average molecular weight is 289 g/mol. The Morgan fingerprint density at radius 3 is 2.85 bits per heavy atom. The van der Waals surface area contributed by atoms with E-state index >= 15 is 0 Å². The molecule has 1 saturated heterocycles. The number of amides is 1. The van der Waals surface area contributed by atoms with E-state index in [4.69, 9.17) is 5.26 Å². The molecule has 20 heavy (non-hydrogen) atoms. The fourth-order valence-corrected chi connectivity index (χ4v) is 2.91. The molecular weight excluding hydrogens is 270 g/mol. The van der Waals surface area contributed by atoms with Crippen LogP contribution in [0.4, 0.5) is 0 Å². The number of thiophene rings is 1. The first kappa shape index (κ1) is 14.8. The highest BCUT2D eigenvalue weighted by atomic mass is 32.1. The van der Waals surface area contributed by atoms with Crippen LogP contribution in [0.15, 0.2) is 23.6 Å². The summed E-state index contributed by atoms with van der Waals surface area (Å²) in [7, 11) is 0. The zero-order valence-electron chi connectivity index (χ0n) is 11.7. The van der Waals surface area contributed by atoms with Crippen molar-refractivity contribution in [2.24, 2.45) is 0 Å². The summed E-state index contributed by atoms with van der Waals surface area (Å²) < 4.78 is 0. The van der Waals surface area contributed by atoms with Crippen molar-refractivity contribution in [3.05, 3.63) is 28.5 Å². The van der Waals surface area contributed by atoms with Gasteiger partial charge in [0.25, 0.3) is 0 Å². The summed E-state index contributed by atoms with van der Waals surface area (Å²) >= 11 is 1.62. The molecule has 0 aromatic carbocycles. The monoisotopic (exact) mass is 289 g/mol. The van der Waals surface area contributed by atoms with Gasteiger partial charge in [-0.1, -0.05) is 6.07 Å². The summed E-state index contributed by atoms with van der Waals surface area (Å²) in [5.41, 5.74) is 0. The molecule has 1 aliphatic rings. The second-order valence-electron chi connectivity index (χ2n) is 4.92. The standard InChI is InChI=1S/C15H19N3OS/c1-13(6-7-16)17-8-10-18(11-9-17)15(19)5-4-14-3-2-12-20-14/h2-5,12-13H,6,8-11H2,1H3/b5-4+/t13-/m1/s1. The van der Waals surface area contributed by atoms with Gasteiger partial charge in [0.15, 0.2) is 0 Å². The molecule has 0 saturated carbocycles. The van der Waals surface area contributed by atoms with Gasteiger partial charge in [0, 0.05) is 43.2 Å². The molecule has 0 spiro atoms. The Bertz CT molecular complexity index is 496. The van der Waals surface area contributed by atoms with Crippen LogP contribution in [0.5, 0.6) is 0 Å². The van der Waals surface area contributed by atoms with Gasteiger partial charge in [0.2, 0.25) is 5.91 Å². The van der Waals surface area contributed by atoms with Crippen LogP contribution >= 0.6 is 11.3 Å². The minimum Gasteiger partial charge on any atom is -0.337 e. The molecule has 1 atom stereocenters. The molecule has 5 heteroatoms. The van der Waals surface area contributed by atoms with Crippen LogP contribution in [-0.2, 0) is 4.79 Å². The highest BCUT2D eigenvalue weighted by Crippen LogP contribution is 2.12. The van der Waals surface area contributed by atoms with Gasteiger partial charge in [-0.05, 0) is 24.4 Å². The summed E-state index contributed by atoms with van der Waals surface area (Å²) in [6.45, 7) is 5.24. The fourth-order valence-electron chi connectivity index (χ4n) is 2.29. The van der Waals surface area contributed by atoms with E-state index in [1.165, 1.54) is 0 Å². The van der Waals surface area contributed by atoms with Gasteiger partial charge >= 0.3 is 0 Å². The Kier molecular flexibility index (Phi) is 5.33. The minimum absolute atomic E-state index is 0.0750. The van der Waals surface area contributed by atoms with Crippen LogP contribution in [0, 0.1) is 11.3 Å². The van der Waals surface area contributed by atoms with E-state index < -0.39 is 0 Å².